The van der Waals surface area contributed by atoms with E-state index in [2.05, 4.69) is 4.90 Å². The number of hydrogen-bond donors (Lipinski definition) is 0. The molecule has 2 atom stereocenters. The molecule has 1 aliphatic carbocycles. The van der Waals surface area contributed by atoms with Gasteiger partial charge in [0.2, 0.25) is 0 Å². The summed E-state index contributed by atoms with van der Waals surface area (Å²) in [5.74, 6) is 0.431. The normalized spacial score (nSPS) is 27.1. The Hall–Kier alpha value is -1.40. The van der Waals surface area contributed by atoms with E-state index >= 15 is 0 Å². The van der Waals surface area contributed by atoms with Crippen molar-refractivity contribution in [3.8, 4) is 6.07 Å². The third kappa shape index (κ3) is 2.02. The monoisotopic (exact) mass is 244 g/mol. The molecule has 2 bridgehead atoms. The van der Waals surface area contributed by atoms with Crippen LogP contribution in [0, 0.1) is 23.1 Å². The molecule has 1 aromatic carbocycles. The fourth-order valence-electron chi connectivity index (χ4n) is 3.48. The second-order valence-electron chi connectivity index (χ2n) is 5.50. The molecule has 1 heterocycles. The van der Waals surface area contributed by atoms with Crippen molar-refractivity contribution in [3.05, 3.63) is 35.1 Å². The highest BCUT2D eigenvalue weighted by atomic mass is 19.1. The van der Waals surface area contributed by atoms with Crippen molar-refractivity contribution in [2.45, 2.75) is 38.3 Å². The first-order valence-corrected chi connectivity index (χ1v) is 6.69. The predicted molar refractivity (Wildman–Crippen MR) is 67.3 cm³/mol. The van der Waals surface area contributed by atoms with E-state index in [1.54, 1.807) is 6.07 Å². The predicted octanol–water partition coefficient (Wildman–Crippen LogP) is 3.07. The van der Waals surface area contributed by atoms with Crippen molar-refractivity contribution in [2.24, 2.45) is 5.92 Å². The molecule has 1 aliphatic heterocycles. The Labute approximate surface area is 107 Å². The zero-order valence-electron chi connectivity index (χ0n) is 10.4. The fourth-order valence-corrected chi connectivity index (χ4v) is 3.48. The maximum Gasteiger partial charge on any atom is 0.141 e. The van der Waals surface area contributed by atoms with Crippen LogP contribution in [0.5, 0.6) is 0 Å². The highest BCUT2D eigenvalue weighted by Crippen LogP contribution is 2.36. The molecule has 0 spiro atoms. The van der Waals surface area contributed by atoms with Crippen LogP contribution in [-0.4, -0.2) is 17.5 Å². The summed E-state index contributed by atoms with van der Waals surface area (Å²) in [6.07, 6.45) is 5.20. The number of likely N-dealkylation sites (tertiary alicyclic amines) is 1. The van der Waals surface area contributed by atoms with E-state index < -0.39 is 5.82 Å². The van der Waals surface area contributed by atoms with E-state index in [4.69, 9.17) is 5.26 Å². The van der Waals surface area contributed by atoms with Crippen molar-refractivity contribution in [2.75, 3.05) is 6.54 Å². The van der Waals surface area contributed by atoms with Crippen LogP contribution in [-0.2, 0) is 6.54 Å². The molecule has 0 aromatic heterocycles. The van der Waals surface area contributed by atoms with Gasteiger partial charge in [0.05, 0.1) is 5.56 Å². The van der Waals surface area contributed by atoms with Gasteiger partial charge in [-0.3, -0.25) is 4.90 Å². The summed E-state index contributed by atoms with van der Waals surface area (Å²) >= 11 is 0. The Morgan fingerprint density at radius 3 is 3.06 bits per heavy atom. The number of benzene rings is 1. The van der Waals surface area contributed by atoms with Crippen molar-refractivity contribution in [1.29, 1.82) is 5.26 Å². The van der Waals surface area contributed by atoms with E-state index in [1.807, 2.05) is 12.1 Å². The highest BCUT2D eigenvalue weighted by molar-refractivity contribution is 5.38. The lowest BCUT2D eigenvalue weighted by atomic mass is 9.90. The molecule has 1 saturated heterocycles. The minimum atomic E-state index is -0.392. The first-order chi connectivity index (χ1) is 8.78. The topological polar surface area (TPSA) is 27.0 Å². The van der Waals surface area contributed by atoms with Crippen LogP contribution in [0.4, 0.5) is 4.39 Å². The van der Waals surface area contributed by atoms with Crippen molar-refractivity contribution < 1.29 is 4.39 Å². The smallest absolute Gasteiger partial charge is 0.141 e. The van der Waals surface area contributed by atoms with Crippen LogP contribution >= 0.6 is 0 Å². The van der Waals surface area contributed by atoms with Crippen LogP contribution in [0.15, 0.2) is 18.2 Å². The Kier molecular flexibility index (Phi) is 3.05. The number of nitrogens with zero attached hydrogens (tertiary/aromatic N) is 2. The Bertz CT molecular complexity index is 492. The maximum atomic E-state index is 13.6. The Morgan fingerprint density at radius 1 is 1.39 bits per heavy atom. The molecule has 3 rings (SSSR count). The summed E-state index contributed by atoms with van der Waals surface area (Å²) in [5.41, 5.74) is 1.06. The van der Waals surface area contributed by atoms with Gasteiger partial charge in [-0.2, -0.15) is 5.26 Å². The average Bonchev–Trinajstić information content (AvgIpc) is 2.64. The lowest BCUT2D eigenvalue weighted by molar-refractivity contribution is 0.236. The van der Waals surface area contributed by atoms with Gasteiger partial charge >= 0.3 is 0 Å². The van der Waals surface area contributed by atoms with Gasteiger partial charge in [0.15, 0.2) is 0 Å². The molecule has 2 nitrogen and oxygen atoms in total. The zero-order chi connectivity index (χ0) is 12.5. The van der Waals surface area contributed by atoms with Gasteiger partial charge in [-0.1, -0.05) is 18.6 Å². The molecule has 2 unspecified atom stereocenters. The maximum absolute atomic E-state index is 13.6. The molecule has 94 valence electrons. The second kappa shape index (κ2) is 4.70. The summed E-state index contributed by atoms with van der Waals surface area (Å²) in [6, 6.07) is 7.59. The van der Waals surface area contributed by atoms with Gasteiger partial charge in [-0.25, -0.2) is 4.39 Å². The van der Waals surface area contributed by atoms with E-state index in [0.717, 1.165) is 24.6 Å². The Balaban J connectivity index is 1.81. The number of hydrogen-bond acceptors (Lipinski definition) is 2. The quantitative estimate of drug-likeness (QED) is 0.799. The largest absolute Gasteiger partial charge is 0.296 e. The van der Waals surface area contributed by atoms with Crippen molar-refractivity contribution in [3.63, 3.8) is 0 Å². The van der Waals surface area contributed by atoms with Gasteiger partial charge in [-0.15, -0.1) is 0 Å². The molecule has 0 amide bonds. The summed E-state index contributed by atoms with van der Waals surface area (Å²) in [7, 11) is 0. The third-order valence-electron chi connectivity index (χ3n) is 4.35. The van der Waals surface area contributed by atoms with Crippen LogP contribution in [0.1, 0.15) is 36.8 Å². The Morgan fingerprint density at radius 2 is 2.28 bits per heavy atom. The summed E-state index contributed by atoms with van der Waals surface area (Å²) in [6.45, 7) is 1.84. The second-order valence-corrected chi connectivity index (χ2v) is 5.50. The number of halogens is 1. The molecule has 0 N–H and O–H groups in total. The lowest BCUT2D eigenvalue weighted by Gasteiger charge is -2.24. The summed E-state index contributed by atoms with van der Waals surface area (Å²) in [4.78, 5) is 2.44. The number of nitriles is 1. The minimum Gasteiger partial charge on any atom is -0.296 e. The van der Waals surface area contributed by atoms with Crippen LogP contribution < -0.4 is 0 Å². The molecule has 18 heavy (non-hydrogen) atoms. The third-order valence-corrected chi connectivity index (χ3v) is 4.35. The molecule has 0 radical (unpaired) electrons. The highest BCUT2D eigenvalue weighted by Gasteiger charge is 2.35. The van der Waals surface area contributed by atoms with E-state index in [1.165, 1.54) is 31.7 Å². The summed E-state index contributed by atoms with van der Waals surface area (Å²) < 4.78 is 13.6. The van der Waals surface area contributed by atoms with Crippen LogP contribution in [0.3, 0.4) is 0 Å². The number of fused-ring (bicyclic) bond motifs is 2. The molecular formula is C15H17FN2. The van der Waals surface area contributed by atoms with Crippen LogP contribution in [0.25, 0.3) is 0 Å². The molecule has 1 saturated carbocycles. The first-order valence-electron chi connectivity index (χ1n) is 6.69. The van der Waals surface area contributed by atoms with Gasteiger partial charge < -0.3 is 0 Å². The van der Waals surface area contributed by atoms with Gasteiger partial charge in [0.1, 0.15) is 11.9 Å². The van der Waals surface area contributed by atoms with Gasteiger partial charge in [0.25, 0.3) is 0 Å². The SMILES string of the molecule is N#Cc1c(F)cccc1CN1CC2CCCC1C2. The molecular weight excluding hydrogens is 227 g/mol. The van der Waals surface area contributed by atoms with E-state index in [-0.39, 0.29) is 5.56 Å². The first kappa shape index (κ1) is 11.7. The van der Waals surface area contributed by atoms with Crippen molar-refractivity contribution >= 4 is 0 Å². The summed E-state index contributed by atoms with van der Waals surface area (Å²) in [5, 5.41) is 9.05. The van der Waals surface area contributed by atoms with E-state index in [0.29, 0.717) is 6.04 Å². The van der Waals surface area contributed by atoms with Crippen molar-refractivity contribution in [1.82, 2.24) is 4.90 Å². The van der Waals surface area contributed by atoms with Crippen LogP contribution in [0.2, 0.25) is 0 Å². The van der Waals surface area contributed by atoms with Gasteiger partial charge in [-0.05, 0) is 36.8 Å². The average molecular weight is 244 g/mol. The lowest BCUT2D eigenvalue weighted by Crippen LogP contribution is -2.28. The molecule has 2 fully saturated rings. The zero-order valence-corrected chi connectivity index (χ0v) is 10.4. The van der Waals surface area contributed by atoms with Gasteiger partial charge in [0, 0.05) is 19.1 Å². The molecule has 1 aromatic rings. The molecule has 3 heteroatoms. The minimum absolute atomic E-state index is 0.221. The standard InChI is InChI=1S/C15H17FN2/c16-15-6-2-4-12(14(15)8-17)10-18-9-11-3-1-5-13(18)7-11/h2,4,6,11,13H,1,3,5,7,9-10H2. The molecule has 2 aliphatic rings. The van der Waals surface area contributed by atoms with E-state index in [9.17, 15) is 4.39 Å². The fraction of sp³-hybridized carbons (Fsp3) is 0.533. The number of rotatable bonds is 2.